The third-order valence-electron chi connectivity index (χ3n) is 4.04. The van der Waals surface area contributed by atoms with Crippen LogP contribution < -0.4 is 5.32 Å². The third kappa shape index (κ3) is 5.55. The van der Waals surface area contributed by atoms with Crippen LogP contribution in [0.2, 0.25) is 0 Å². The van der Waals surface area contributed by atoms with Crippen LogP contribution in [0.4, 0.5) is 5.69 Å². The Morgan fingerprint density at radius 1 is 1.14 bits per heavy atom. The van der Waals surface area contributed by atoms with E-state index in [0.717, 1.165) is 11.4 Å². The molecule has 3 aromatic rings. The first-order valence-corrected chi connectivity index (χ1v) is 9.88. The summed E-state index contributed by atoms with van der Waals surface area (Å²) in [6, 6.07) is 16.1. The monoisotopic (exact) mass is 408 g/mol. The van der Waals surface area contributed by atoms with Gasteiger partial charge in [0.05, 0.1) is 11.3 Å². The largest absolute Gasteiger partial charge is 0.478 e. The molecule has 0 radical (unpaired) electrons. The topological polar surface area (TPSA) is 97.1 Å². The Bertz CT molecular complexity index is 1020. The molecule has 0 unspecified atom stereocenters. The van der Waals surface area contributed by atoms with Gasteiger partial charge in [-0.2, -0.15) is 0 Å². The summed E-state index contributed by atoms with van der Waals surface area (Å²) in [6.45, 7) is 4.33. The van der Waals surface area contributed by atoms with Crippen LogP contribution in [0.3, 0.4) is 0 Å². The molecule has 0 aliphatic rings. The molecule has 2 N–H and O–H groups in total. The number of benzene rings is 2. The van der Waals surface area contributed by atoms with Crippen molar-refractivity contribution in [1.29, 1.82) is 0 Å². The molecule has 2 aromatic carbocycles. The molecule has 148 valence electrons. The standard InChI is InChI=1S/C21H20N4O3S/c1-2-11-25-18(12-15-7-4-3-5-8-15)23-24-21(25)29-14-19(26)22-17-10-6-9-16(13-17)20(27)28/h2-10,13H,1,11-12,14H2,(H,22,26)(H,27,28). The fraction of sp³-hybridized carbons (Fsp3) is 0.143. The number of carbonyl (C=O) groups is 2. The lowest BCUT2D eigenvalue weighted by atomic mass is 10.1. The summed E-state index contributed by atoms with van der Waals surface area (Å²) in [7, 11) is 0. The van der Waals surface area contributed by atoms with Crippen molar-refractivity contribution in [3.05, 3.63) is 84.2 Å². The minimum absolute atomic E-state index is 0.117. The molecule has 0 aliphatic carbocycles. The number of anilines is 1. The van der Waals surface area contributed by atoms with Gasteiger partial charge in [-0.3, -0.25) is 4.79 Å². The molecule has 7 nitrogen and oxygen atoms in total. The van der Waals surface area contributed by atoms with Crippen LogP contribution in [0.15, 0.2) is 72.4 Å². The van der Waals surface area contributed by atoms with Gasteiger partial charge in [-0.15, -0.1) is 16.8 Å². The van der Waals surface area contributed by atoms with Crippen molar-refractivity contribution in [2.45, 2.75) is 18.1 Å². The van der Waals surface area contributed by atoms with Gasteiger partial charge in [-0.05, 0) is 23.8 Å². The highest BCUT2D eigenvalue weighted by Gasteiger charge is 2.14. The van der Waals surface area contributed by atoms with E-state index >= 15 is 0 Å². The molecular weight excluding hydrogens is 388 g/mol. The smallest absolute Gasteiger partial charge is 0.335 e. The van der Waals surface area contributed by atoms with E-state index in [0.29, 0.717) is 23.8 Å². The van der Waals surface area contributed by atoms with Gasteiger partial charge in [0.15, 0.2) is 5.16 Å². The summed E-state index contributed by atoms with van der Waals surface area (Å²) < 4.78 is 1.93. The second-order valence-electron chi connectivity index (χ2n) is 6.18. The first kappa shape index (κ1) is 20.3. The average molecular weight is 408 g/mol. The number of rotatable bonds is 9. The Morgan fingerprint density at radius 2 is 1.93 bits per heavy atom. The van der Waals surface area contributed by atoms with Crippen LogP contribution in [-0.4, -0.2) is 37.5 Å². The summed E-state index contributed by atoms with van der Waals surface area (Å²) in [4.78, 5) is 23.3. The Hall–Kier alpha value is -3.39. The van der Waals surface area contributed by atoms with Gasteiger partial charge in [0, 0.05) is 18.7 Å². The van der Waals surface area contributed by atoms with Crippen molar-refractivity contribution in [2.24, 2.45) is 0 Å². The van der Waals surface area contributed by atoms with E-state index in [4.69, 9.17) is 5.11 Å². The Labute approximate surface area is 172 Å². The number of nitrogens with one attached hydrogen (secondary N) is 1. The van der Waals surface area contributed by atoms with Gasteiger partial charge in [-0.25, -0.2) is 4.79 Å². The average Bonchev–Trinajstić information content (AvgIpc) is 3.09. The minimum Gasteiger partial charge on any atom is -0.478 e. The van der Waals surface area contributed by atoms with Crippen LogP contribution >= 0.6 is 11.8 Å². The van der Waals surface area contributed by atoms with Gasteiger partial charge in [0.2, 0.25) is 5.91 Å². The lowest BCUT2D eigenvalue weighted by Gasteiger charge is -2.08. The highest BCUT2D eigenvalue weighted by molar-refractivity contribution is 7.99. The van der Waals surface area contributed by atoms with E-state index in [1.54, 1.807) is 18.2 Å². The number of carbonyl (C=O) groups excluding carboxylic acids is 1. The van der Waals surface area contributed by atoms with E-state index in [1.807, 2.05) is 34.9 Å². The van der Waals surface area contributed by atoms with E-state index in [2.05, 4.69) is 22.1 Å². The van der Waals surface area contributed by atoms with Crippen LogP contribution in [0, 0.1) is 0 Å². The number of hydrogen-bond acceptors (Lipinski definition) is 5. The maximum atomic E-state index is 12.3. The van der Waals surface area contributed by atoms with Crippen molar-refractivity contribution in [3.8, 4) is 0 Å². The van der Waals surface area contributed by atoms with E-state index < -0.39 is 5.97 Å². The van der Waals surface area contributed by atoms with Crippen molar-refractivity contribution in [1.82, 2.24) is 14.8 Å². The van der Waals surface area contributed by atoms with E-state index in [-0.39, 0.29) is 17.2 Å². The summed E-state index contributed by atoms with van der Waals surface area (Å²) in [5, 5.41) is 20.9. The summed E-state index contributed by atoms with van der Waals surface area (Å²) in [5.41, 5.74) is 1.68. The molecule has 0 atom stereocenters. The molecular formula is C21H20N4O3S. The molecule has 0 bridgehead atoms. The SMILES string of the molecule is C=CCn1c(Cc2ccccc2)nnc1SCC(=O)Nc1cccc(C(=O)O)c1. The Balaban J connectivity index is 1.65. The fourth-order valence-electron chi connectivity index (χ4n) is 2.70. The van der Waals surface area contributed by atoms with Crippen molar-refractivity contribution >= 4 is 29.3 Å². The number of allylic oxidation sites excluding steroid dienone is 1. The normalized spacial score (nSPS) is 10.5. The number of carboxylic acids is 1. The Kier molecular flexibility index (Phi) is 6.80. The first-order chi connectivity index (χ1) is 14.1. The molecule has 8 heteroatoms. The minimum atomic E-state index is -1.04. The molecule has 3 rings (SSSR count). The van der Waals surface area contributed by atoms with Crippen LogP contribution in [0.25, 0.3) is 0 Å². The predicted octanol–water partition coefficient (Wildman–Crippen LogP) is 3.48. The van der Waals surface area contributed by atoms with Crippen LogP contribution in [-0.2, 0) is 17.8 Å². The highest BCUT2D eigenvalue weighted by Crippen LogP contribution is 2.20. The van der Waals surface area contributed by atoms with Gasteiger partial charge in [-0.1, -0.05) is 54.2 Å². The lowest BCUT2D eigenvalue weighted by Crippen LogP contribution is -2.15. The molecule has 1 heterocycles. The maximum absolute atomic E-state index is 12.3. The van der Waals surface area contributed by atoms with Crippen LogP contribution in [0.1, 0.15) is 21.7 Å². The number of carboxylic acid groups (broad SMARTS) is 1. The number of aromatic nitrogens is 3. The van der Waals surface area contributed by atoms with Gasteiger partial charge in [0.25, 0.3) is 0 Å². The Morgan fingerprint density at radius 3 is 2.66 bits per heavy atom. The molecule has 0 fully saturated rings. The molecule has 1 aromatic heterocycles. The molecule has 0 spiro atoms. The molecule has 0 saturated heterocycles. The van der Waals surface area contributed by atoms with Gasteiger partial charge < -0.3 is 15.0 Å². The summed E-state index contributed by atoms with van der Waals surface area (Å²) in [5.74, 6) is -0.375. The van der Waals surface area contributed by atoms with Crippen molar-refractivity contribution < 1.29 is 14.7 Å². The van der Waals surface area contributed by atoms with Crippen LogP contribution in [0.5, 0.6) is 0 Å². The number of nitrogens with zero attached hydrogens (tertiary/aromatic N) is 3. The predicted molar refractivity (Wildman–Crippen MR) is 112 cm³/mol. The first-order valence-electron chi connectivity index (χ1n) is 8.89. The third-order valence-corrected chi connectivity index (χ3v) is 5.00. The maximum Gasteiger partial charge on any atom is 0.335 e. The highest BCUT2D eigenvalue weighted by atomic mass is 32.2. The lowest BCUT2D eigenvalue weighted by molar-refractivity contribution is -0.113. The van der Waals surface area contributed by atoms with E-state index in [1.165, 1.54) is 23.9 Å². The van der Waals surface area contributed by atoms with E-state index in [9.17, 15) is 9.59 Å². The fourth-order valence-corrected chi connectivity index (χ4v) is 3.47. The summed E-state index contributed by atoms with van der Waals surface area (Å²) in [6.07, 6.45) is 2.40. The molecule has 1 amide bonds. The number of amides is 1. The quantitative estimate of drug-likeness (QED) is 0.416. The zero-order valence-electron chi connectivity index (χ0n) is 15.6. The van der Waals surface area contributed by atoms with Gasteiger partial charge in [0.1, 0.15) is 5.82 Å². The number of aromatic carboxylic acids is 1. The molecule has 0 saturated carbocycles. The van der Waals surface area contributed by atoms with Crippen molar-refractivity contribution in [3.63, 3.8) is 0 Å². The zero-order valence-corrected chi connectivity index (χ0v) is 16.4. The van der Waals surface area contributed by atoms with Gasteiger partial charge >= 0.3 is 5.97 Å². The number of thioether (sulfide) groups is 1. The zero-order chi connectivity index (χ0) is 20.6. The van der Waals surface area contributed by atoms with Crippen molar-refractivity contribution in [2.75, 3.05) is 11.1 Å². The second kappa shape index (κ2) is 9.70. The molecule has 0 aliphatic heterocycles. The number of hydrogen-bond donors (Lipinski definition) is 2. The second-order valence-corrected chi connectivity index (χ2v) is 7.13. The summed E-state index contributed by atoms with van der Waals surface area (Å²) >= 11 is 1.27. The molecule has 29 heavy (non-hydrogen) atoms.